The second-order valence-corrected chi connectivity index (χ2v) is 5.04. The topological polar surface area (TPSA) is 71.8 Å². The molecule has 2 amide bonds. The van der Waals surface area contributed by atoms with E-state index in [-0.39, 0.29) is 17.2 Å². The number of pyridine rings is 1. The lowest BCUT2D eigenvalue weighted by Gasteiger charge is -2.18. The molecule has 0 radical (unpaired) electrons. The molecule has 7 heteroatoms. The van der Waals surface area contributed by atoms with E-state index in [0.29, 0.717) is 5.69 Å². The molecular formula is C14H18ClN5O. The molecule has 2 rings (SSSR count). The molecule has 1 atom stereocenters. The number of nitrogens with one attached hydrogen (secondary N) is 2. The number of anilines is 1. The van der Waals surface area contributed by atoms with E-state index in [9.17, 15) is 4.79 Å². The van der Waals surface area contributed by atoms with Crippen LogP contribution >= 0.6 is 11.6 Å². The maximum atomic E-state index is 12.1. The maximum absolute atomic E-state index is 12.1. The second-order valence-electron chi connectivity index (χ2n) is 4.68. The zero-order valence-electron chi connectivity index (χ0n) is 12.0. The number of hydrogen-bond donors (Lipinski definition) is 2. The van der Waals surface area contributed by atoms with Crippen LogP contribution in [0.25, 0.3) is 0 Å². The van der Waals surface area contributed by atoms with Crippen molar-refractivity contribution in [3.63, 3.8) is 0 Å². The Balaban J connectivity index is 2.05. The van der Waals surface area contributed by atoms with Gasteiger partial charge in [0.05, 0.1) is 11.7 Å². The Hall–Kier alpha value is -2.08. The SMILES string of the molecule is CCC[C@@H](NC(=O)Nc1cccnc1Cl)c1nccn1C. The summed E-state index contributed by atoms with van der Waals surface area (Å²) in [6, 6.07) is 2.94. The van der Waals surface area contributed by atoms with E-state index >= 15 is 0 Å². The van der Waals surface area contributed by atoms with Crippen LogP contribution in [-0.2, 0) is 7.05 Å². The van der Waals surface area contributed by atoms with E-state index in [2.05, 4.69) is 27.5 Å². The molecular weight excluding hydrogens is 290 g/mol. The van der Waals surface area contributed by atoms with Crippen molar-refractivity contribution in [2.45, 2.75) is 25.8 Å². The number of amides is 2. The molecule has 2 N–H and O–H groups in total. The van der Waals surface area contributed by atoms with Crippen LogP contribution in [0, 0.1) is 0 Å². The summed E-state index contributed by atoms with van der Waals surface area (Å²) in [6.07, 6.45) is 6.88. The molecule has 0 spiro atoms. The van der Waals surface area contributed by atoms with Crippen molar-refractivity contribution in [3.8, 4) is 0 Å². The van der Waals surface area contributed by atoms with Crippen LogP contribution in [0.15, 0.2) is 30.7 Å². The number of nitrogens with zero attached hydrogens (tertiary/aromatic N) is 3. The number of carbonyl (C=O) groups is 1. The minimum atomic E-state index is -0.327. The number of imidazole rings is 1. The van der Waals surface area contributed by atoms with Gasteiger partial charge in [-0.1, -0.05) is 24.9 Å². The third-order valence-corrected chi connectivity index (χ3v) is 3.36. The van der Waals surface area contributed by atoms with Crippen LogP contribution < -0.4 is 10.6 Å². The molecule has 0 saturated heterocycles. The van der Waals surface area contributed by atoms with Gasteiger partial charge in [0.15, 0.2) is 5.15 Å². The van der Waals surface area contributed by atoms with Gasteiger partial charge >= 0.3 is 6.03 Å². The number of halogens is 1. The fourth-order valence-corrected chi connectivity index (χ4v) is 2.23. The highest BCUT2D eigenvalue weighted by molar-refractivity contribution is 6.32. The summed E-state index contributed by atoms with van der Waals surface area (Å²) >= 11 is 5.92. The maximum Gasteiger partial charge on any atom is 0.319 e. The zero-order valence-corrected chi connectivity index (χ0v) is 12.8. The van der Waals surface area contributed by atoms with Gasteiger partial charge in [-0.3, -0.25) is 0 Å². The Morgan fingerprint density at radius 2 is 2.24 bits per heavy atom. The summed E-state index contributed by atoms with van der Waals surface area (Å²) in [5.41, 5.74) is 0.478. The van der Waals surface area contributed by atoms with E-state index in [4.69, 9.17) is 11.6 Å². The predicted molar refractivity (Wildman–Crippen MR) is 82.3 cm³/mol. The average Bonchev–Trinajstić information content (AvgIpc) is 2.87. The predicted octanol–water partition coefficient (Wildman–Crippen LogP) is 3.13. The minimum absolute atomic E-state index is 0.148. The Morgan fingerprint density at radius 3 is 2.86 bits per heavy atom. The molecule has 6 nitrogen and oxygen atoms in total. The molecule has 0 aliphatic rings. The number of hydrogen-bond acceptors (Lipinski definition) is 3. The zero-order chi connectivity index (χ0) is 15.2. The monoisotopic (exact) mass is 307 g/mol. The molecule has 0 unspecified atom stereocenters. The third kappa shape index (κ3) is 3.95. The van der Waals surface area contributed by atoms with Crippen molar-refractivity contribution in [2.24, 2.45) is 7.05 Å². The van der Waals surface area contributed by atoms with Gasteiger partial charge < -0.3 is 15.2 Å². The first-order valence-corrected chi connectivity index (χ1v) is 7.15. The molecule has 0 saturated carbocycles. The van der Waals surface area contributed by atoms with Crippen LogP contribution in [0.4, 0.5) is 10.5 Å². The van der Waals surface area contributed by atoms with Crippen molar-refractivity contribution in [2.75, 3.05) is 5.32 Å². The van der Waals surface area contributed by atoms with Gasteiger partial charge in [0.2, 0.25) is 0 Å². The van der Waals surface area contributed by atoms with Crippen molar-refractivity contribution >= 4 is 23.3 Å². The van der Waals surface area contributed by atoms with Gasteiger partial charge in [-0.25, -0.2) is 14.8 Å². The molecule has 112 valence electrons. The standard InChI is InChI=1S/C14H18ClN5O/c1-3-5-11(13-17-8-9-20(13)2)19-14(21)18-10-6-4-7-16-12(10)15/h4,6-9,11H,3,5H2,1-2H3,(H2,18,19,21)/t11-/m1/s1. The van der Waals surface area contributed by atoms with Crippen molar-refractivity contribution in [1.29, 1.82) is 0 Å². The number of urea groups is 1. The van der Waals surface area contributed by atoms with Crippen molar-refractivity contribution < 1.29 is 4.79 Å². The Bertz CT molecular complexity index is 613. The van der Waals surface area contributed by atoms with E-state index in [0.717, 1.165) is 18.7 Å². The summed E-state index contributed by atoms with van der Waals surface area (Å²) in [5, 5.41) is 5.88. The van der Waals surface area contributed by atoms with Crippen LogP contribution in [0.5, 0.6) is 0 Å². The molecule has 21 heavy (non-hydrogen) atoms. The highest BCUT2D eigenvalue weighted by Gasteiger charge is 2.18. The highest BCUT2D eigenvalue weighted by Crippen LogP contribution is 2.19. The van der Waals surface area contributed by atoms with Gasteiger partial charge in [0, 0.05) is 25.6 Å². The van der Waals surface area contributed by atoms with Gasteiger partial charge in [-0.05, 0) is 18.6 Å². The normalized spacial score (nSPS) is 12.0. The van der Waals surface area contributed by atoms with E-state index in [1.54, 1.807) is 24.5 Å². The Kier molecular flexibility index (Phi) is 5.16. The highest BCUT2D eigenvalue weighted by atomic mass is 35.5. The quantitative estimate of drug-likeness (QED) is 0.834. The Labute approximate surface area is 128 Å². The number of aryl methyl sites for hydroxylation is 1. The summed E-state index contributed by atoms with van der Waals surface area (Å²) in [4.78, 5) is 20.3. The number of carbonyl (C=O) groups excluding carboxylic acids is 1. The summed E-state index contributed by atoms with van der Waals surface area (Å²) in [6.45, 7) is 2.06. The van der Waals surface area contributed by atoms with Gasteiger partial charge in [-0.15, -0.1) is 0 Å². The minimum Gasteiger partial charge on any atom is -0.336 e. The van der Waals surface area contributed by atoms with Crippen LogP contribution in [0.1, 0.15) is 31.6 Å². The molecule has 0 aliphatic carbocycles. The van der Waals surface area contributed by atoms with E-state index in [1.807, 2.05) is 17.8 Å². The summed E-state index contributed by atoms with van der Waals surface area (Å²) in [5.74, 6) is 0.823. The summed E-state index contributed by atoms with van der Waals surface area (Å²) in [7, 11) is 1.91. The molecule has 2 aromatic rings. The third-order valence-electron chi connectivity index (χ3n) is 3.06. The second kappa shape index (κ2) is 7.08. The fraction of sp³-hybridized carbons (Fsp3) is 0.357. The average molecular weight is 308 g/mol. The largest absolute Gasteiger partial charge is 0.336 e. The van der Waals surface area contributed by atoms with Crippen LogP contribution in [0.3, 0.4) is 0 Å². The molecule has 0 bridgehead atoms. The van der Waals surface area contributed by atoms with Crippen molar-refractivity contribution in [1.82, 2.24) is 19.9 Å². The number of rotatable bonds is 5. The number of aromatic nitrogens is 3. The lowest BCUT2D eigenvalue weighted by Crippen LogP contribution is -2.34. The van der Waals surface area contributed by atoms with Crippen molar-refractivity contribution in [3.05, 3.63) is 41.7 Å². The fourth-order valence-electron chi connectivity index (χ4n) is 2.06. The molecule has 2 aromatic heterocycles. The van der Waals surface area contributed by atoms with E-state index in [1.165, 1.54) is 0 Å². The van der Waals surface area contributed by atoms with Crippen LogP contribution in [-0.4, -0.2) is 20.6 Å². The van der Waals surface area contributed by atoms with Gasteiger partial charge in [0.1, 0.15) is 5.82 Å². The first kappa shape index (κ1) is 15.3. The molecule has 0 fully saturated rings. The van der Waals surface area contributed by atoms with Gasteiger partial charge in [0.25, 0.3) is 0 Å². The summed E-state index contributed by atoms with van der Waals surface area (Å²) < 4.78 is 1.90. The first-order valence-electron chi connectivity index (χ1n) is 6.77. The van der Waals surface area contributed by atoms with E-state index < -0.39 is 0 Å². The lowest BCUT2D eigenvalue weighted by molar-refractivity contribution is 0.247. The first-order chi connectivity index (χ1) is 10.1. The van der Waals surface area contributed by atoms with Crippen LogP contribution in [0.2, 0.25) is 5.15 Å². The molecule has 0 aliphatic heterocycles. The molecule has 0 aromatic carbocycles. The smallest absolute Gasteiger partial charge is 0.319 e. The van der Waals surface area contributed by atoms with Gasteiger partial charge in [-0.2, -0.15) is 0 Å². The Morgan fingerprint density at radius 1 is 1.43 bits per heavy atom. The molecule has 2 heterocycles. The lowest BCUT2D eigenvalue weighted by atomic mass is 10.1.